The van der Waals surface area contributed by atoms with Gasteiger partial charge in [0.1, 0.15) is 5.84 Å². The Bertz CT molecular complexity index is 1130. The molecule has 0 unspecified atom stereocenters. The van der Waals surface area contributed by atoms with Crippen LogP contribution >= 0.6 is 0 Å². The van der Waals surface area contributed by atoms with Crippen LogP contribution in [0.1, 0.15) is 54.6 Å². The number of amides is 2. The molecule has 0 saturated heterocycles. The molecule has 0 bridgehead atoms. The lowest BCUT2D eigenvalue weighted by atomic mass is 10.0. The van der Waals surface area contributed by atoms with E-state index in [-0.39, 0.29) is 18.2 Å². The lowest BCUT2D eigenvalue weighted by Gasteiger charge is -2.22. The van der Waals surface area contributed by atoms with E-state index in [9.17, 15) is 9.59 Å². The Hall–Kier alpha value is -3.78. The molecular weight excluding hydrogens is 428 g/mol. The molecule has 34 heavy (non-hydrogen) atoms. The van der Waals surface area contributed by atoms with Gasteiger partial charge in [-0.1, -0.05) is 32.1 Å². The van der Waals surface area contributed by atoms with Crippen molar-refractivity contribution < 1.29 is 9.59 Å². The predicted molar refractivity (Wildman–Crippen MR) is 138 cm³/mol. The summed E-state index contributed by atoms with van der Waals surface area (Å²) in [6.07, 6.45) is 10.8. The van der Waals surface area contributed by atoms with Crippen LogP contribution in [-0.2, 0) is 4.79 Å². The highest BCUT2D eigenvalue weighted by Gasteiger charge is 2.21. The van der Waals surface area contributed by atoms with Gasteiger partial charge in [0.2, 0.25) is 5.91 Å². The van der Waals surface area contributed by atoms with E-state index in [0.29, 0.717) is 48.0 Å². The Morgan fingerprint density at radius 1 is 1.15 bits per heavy atom. The van der Waals surface area contributed by atoms with Gasteiger partial charge in [0.15, 0.2) is 0 Å². The minimum absolute atomic E-state index is 0.0208. The van der Waals surface area contributed by atoms with Crippen LogP contribution in [0.3, 0.4) is 0 Å². The third-order valence-electron chi connectivity index (χ3n) is 5.27. The molecule has 1 aromatic heterocycles. The maximum atomic E-state index is 13.1. The number of aromatic nitrogens is 1. The smallest absolute Gasteiger partial charge is 0.255 e. The van der Waals surface area contributed by atoms with Crippen molar-refractivity contribution >= 4 is 41.2 Å². The summed E-state index contributed by atoms with van der Waals surface area (Å²) in [5.74, 6) is 0.0277. The van der Waals surface area contributed by atoms with Gasteiger partial charge >= 0.3 is 0 Å². The molecule has 2 amide bonds. The SMILES string of the molecule is CCCN(CCC)C(=O)C1=Cc2ccc(C(=O)Nc3cncc(/C=C/CN)c3)cc2N=C(N)C1. The number of carbonyl (C=O) groups is 2. The van der Waals surface area contributed by atoms with Crippen molar-refractivity contribution in [2.24, 2.45) is 16.5 Å². The molecule has 1 aliphatic rings. The molecule has 0 saturated carbocycles. The van der Waals surface area contributed by atoms with Crippen LogP contribution in [0.25, 0.3) is 12.2 Å². The second kappa shape index (κ2) is 11.9. The van der Waals surface area contributed by atoms with E-state index >= 15 is 0 Å². The topological polar surface area (TPSA) is 127 Å². The number of rotatable bonds is 9. The monoisotopic (exact) mass is 460 g/mol. The first-order valence-corrected chi connectivity index (χ1v) is 11.5. The molecule has 8 nitrogen and oxygen atoms in total. The molecule has 0 aliphatic carbocycles. The van der Waals surface area contributed by atoms with Gasteiger partial charge in [-0.2, -0.15) is 0 Å². The lowest BCUT2D eigenvalue weighted by Crippen LogP contribution is -2.34. The number of nitrogens with zero attached hydrogens (tertiary/aromatic N) is 3. The van der Waals surface area contributed by atoms with Crippen molar-refractivity contribution in [3.8, 4) is 0 Å². The van der Waals surface area contributed by atoms with Crippen molar-refractivity contribution in [2.45, 2.75) is 33.1 Å². The molecule has 0 radical (unpaired) electrons. The summed E-state index contributed by atoms with van der Waals surface area (Å²) >= 11 is 0. The molecule has 1 aliphatic heterocycles. The number of amidine groups is 1. The zero-order valence-corrected chi connectivity index (χ0v) is 19.8. The third-order valence-corrected chi connectivity index (χ3v) is 5.27. The van der Waals surface area contributed by atoms with Crippen molar-refractivity contribution in [3.63, 3.8) is 0 Å². The number of nitrogens with one attached hydrogen (secondary N) is 1. The van der Waals surface area contributed by atoms with Gasteiger partial charge in [0.05, 0.1) is 17.6 Å². The van der Waals surface area contributed by atoms with Crippen molar-refractivity contribution in [1.29, 1.82) is 0 Å². The number of benzene rings is 1. The van der Waals surface area contributed by atoms with Gasteiger partial charge in [-0.25, -0.2) is 4.99 Å². The Kier molecular flexibility index (Phi) is 8.70. The zero-order chi connectivity index (χ0) is 24.5. The number of pyridine rings is 1. The maximum Gasteiger partial charge on any atom is 0.255 e. The number of hydrogen-bond donors (Lipinski definition) is 3. The Morgan fingerprint density at radius 2 is 1.91 bits per heavy atom. The summed E-state index contributed by atoms with van der Waals surface area (Å²) in [6.45, 7) is 5.93. The Balaban J connectivity index is 1.84. The van der Waals surface area contributed by atoms with E-state index in [0.717, 1.165) is 24.0 Å². The number of aliphatic imine (C=N–C) groups is 1. The Labute approximate surface area is 200 Å². The standard InChI is InChI=1S/C26H32N6O2/c1-3-10-32(11-4-2)26(34)21-13-19-7-8-20(14-23(19)31-24(28)15-21)25(33)30-22-12-18(6-5-9-27)16-29-17-22/h5-8,12-14,16-17H,3-4,9-11,15,27H2,1-2H3,(H2,28,31)(H,30,33)/b6-5+. The van der Waals surface area contributed by atoms with Crippen molar-refractivity contribution in [3.05, 3.63) is 65.0 Å². The fourth-order valence-electron chi connectivity index (χ4n) is 3.75. The quantitative estimate of drug-likeness (QED) is 0.525. The number of hydrogen-bond acceptors (Lipinski definition) is 6. The normalized spacial score (nSPS) is 13.0. The van der Waals surface area contributed by atoms with Crippen LogP contribution < -0.4 is 16.8 Å². The minimum Gasteiger partial charge on any atom is -0.387 e. The zero-order valence-electron chi connectivity index (χ0n) is 19.8. The summed E-state index contributed by atoms with van der Waals surface area (Å²) in [6, 6.07) is 7.01. The summed E-state index contributed by atoms with van der Waals surface area (Å²) in [4.78, 5) is 36.5. The number of anilines is 1. The summed E-state index contributed by atoms with van der Waals surface area (Å²) < 4.78 is 0. The van der Waals surface area contributed by atoms with E-state index in [1.54, 1.807) is 30.6 Å². The molecule has 3 rings (SSSR count). The van der Waals surface area contributed by atoms with Gasteiger partial charge in [0, 0.05) is 49.0 Å². The second-order valence-electron chi connectivity index (χ2n) is 8.11. The Morgan fingerprint density at radius 3 is 2.62 bits per heavy atom. The van der Waals surface area contributed by atoms with E-state index < -0.39 is 0 Å². The van der Waals surface area contributed by atoms with Gasteiger partial charge in [0.25, 0.3) is 5.91 Å². The molecule has 2 aromatic rings. The van der Waals surface area contributed by atoms with Gasteiger partial charge in [-0.3, -0.25) is 14.6 Å². The average Bonchev–Trinajstić information content (AvgIpc) is 2.99. The van der Waals surface area contributed by atoms with E-state index in [2.05, 4.69) is 29.1 Å². The number of fused-ring (bicyclic) bond motifs is 1. The van der Waals surface area contributed by atoms with E-state index in [4.69, 9.17) is 11.5 Å². The predicted octanol–water partition coefficient (Wildman–Crippen LogP) is 3.73. The van der Waals surface area contributed by atoms with E-state index in [1.165, 1.54) is 0 Å². The first-order valence-electron chi connectivity index (χ1n) is 11.5. The second-order valence-corrected chi connectivity index (χ2v) is 8.11. The summed E-state index contributed by atoms with van der Waals surface area (Å²) in [5, 5.41) is 2.86. The van der Waals surface area contributed by atoms with E-state index in [1.807, 2.05) is 29.2 Å². The largest absolute Gasteiger partial charge is 0.387 e. The number of nitrogens with two attached hydrogens (primary N) is 2. The summed E-state index contributed by atoms with van der Waals surface area (Å²) in [5.41, 5.74) is 15.4. The minimum atomic E-state index is -0.292. The molecule has 5 N–H and O–H groups in total. The van der Waals surface area contributed by atoms with Crippen molar-refractivity contribution in [2.75, 3.05) is 25.0 Å². The molecule has 2 heterocycles. The lowest BCUT2D eigenvalue weighted by molar-refractivity contribution is -0.127. The highest BCUT2D eigenvalue weighted by molar-refractivity contribution is 6.07. The molecule has 0 fully saturated rings. The third kappa shape index (κ3) is 6.39. The summed E-state index contributed by atoms with van der Waals surface area (Å²) in [7, 11) is 0. The highest BCUT2D eigenvalue weighted by Crippen LogP contribution is 2.29. The first kappa shape index (κ1) is 24.9. The average molecular weight is 461 g/mol. The van der Waals surface area contributed by atoms with Crippen LogP contribution in [0.15, 0.2) is 53.3 Å². The van der Waals surface area contributed by atoms with Crippen LogP contribution in [0, 0.1) is 0 Å². The molecule has 178 valence electrons. The molecule has 0 spiro atoms. The van der Waals surface area contributed by atoms with Gasteiger partial charge < -0.3 is 21.7 Å². The van der Waals surface area contributed by atoms with Crippen LogP contribution in [-0.4, -0.2) is 47.2 Å². The first-order chi connectivity index (χ1) is 16.4. The van der Waals surface area contributed by atoms with Gasteiger partial charge in [-0.05, 0) is 42.7 Å². The fraction of sp³-hybridized carbons (Fsp3) is 0.308. The van der Waals surface area contributed by atoms with Gasteiger partial charge in [-0.15, -0.1) is 0 Å². The van der Waals surface area contributed by atoms with Crippen molar-refractivity contribution in [1.82, 2.24) is 9.88 Å². The highest BCUT2D eigenvalue weighted by atomic mass is 16.2. The van der Waals surface area contributed by atoms with Crippen LogP contribution in [0.2, 0.25) is 0 Å². The van der Waals surface area contributed by atoms with Crippen LogP contribution in [0.5, 0.6) is 0 Å². The molecular formula is C26H32N6O2. The maximum absolute atomic E-state index is 13.1. The fourth-order valence-corrected chi connectivity index (χ4v) is 3.75. The van der Waals surface area contributed by atoms with Crippen LogP contribution in [0.4, 0.5) is 11.4 Å². The number of carbonyl (C=O) groups excluding carboxylic acids is 2. The molecule has 8 heteroatoms. The molecule has 0 atom stereocenters. The molecule has 1 aromatic carbocycles.